The second kappa shape index (κ2) is 6.95. The van der Waals surface area contributed by atoms with Crippen LogP contribution in [0.1, 0.15) is 47.5 Å². The molecular weight excluding hydrogens is 254 g/mol. The zero-order chi connectivity index (χ0) is 15.3. The summed E-state index contributed by atoms with van der Waals surface area (Å²) in [5, 5.41) is 3.00. The van der Waals surface area contributed by atoms with Gasteiger partial charge in [-0.1, -0.05) is 20.8 Å². The number of rotatable bonds is 3. The number of urea groups is 1. The first-order valence-corrected chi connectivity index (χ1v) is 7.56. The van der Waals surface area contributed by atoms with E-state index in [-0.39, 0.29) is 29.9 Å². The van der Waals surface area contributed by atoms with Crippen LogP contribution in [0.2, 0.25) is 0 Å². The van der Waals surface area contributed by atoms with Crippen molar-refractivity contribution in [2.45, 2.75) is 53.5 Å². The molecule has 0 aromatic carbocycles. The summed E-state index contributed by atoms with van der Waals surface area (Å²) in [6, 6.07) is -0.00353. The number of hydrogen-bond donors (Lipinski definition) is 1. The number of nitrogens with zero attached hydrogens (tertiary/aromatic N) is 2. The molecule has 1 N–H and O–H groups in total. The summed E-state index contributed by atoms with van der Waals surface area (Å²) in [6.45, 7) is 12.8. The molecule has 0 radical (unpaired) electrons. The fourth-order valence-electron chi connectivity index (χ4n) is 2.70. The van der Waals surface area contributed by atoms with Crippen LogP contribution in [0.15, 0.2) is 0 Å². The maximum Gasteiger partial charge on any atom is 0.318 e. The Labute approximate surface area is 122 Å². The van der Waals surface area contributed by atoms with Gasteiger partial charge in [0, 0.05) is 25.7 Å². The van der Waals surface area contributed by atoms with Gasteiger partial charge in [-0.25, -0.2) is 4.79 Å². The molecule has 1 aliphatic heterocycles. The van der Waals surface area contributed by atoms with E-state index in [1.165, 1.54) is 0 Å². The fourth-order valence-corrected chi connectivity index (χ4v) is 2.70. The van der Waals surface area contributed by atoms with Crippen LogP contribution in [0.25, 0.3) is 0 Å². The third-order valence-corrected chi connectivity index (χ3v) is 3.49. The van der Waals surface area contributed by atoms with Crippen molar-refractivity contribution in [3.05, 3.63) is 0 Å². The molecule has 20 heavy (non-hydrogen) atoms. The molecule has 1 saturated heterocycles. The van der Waals surface area contributed by atoms with Gasteiger partial charge < -0.3 is 15.1 Å². The van der Waals surface area contributed by atoms with Crippen molar-refractivity contribution in [3.63, 3.8) is 0 Å². The van der Waals surface area contributed by atoms with E-state index in [4.69, 9.17) is 0 Å². The Kier molecular flexibility index (Phi) is 5.84. The van der Waals surface area contributed by atoms with E-state index in [9.17, 15) is 9.59 Å². The number of hydrogen-bond acceptors (Lipinski definition) is 2. The number of likely N-dealkylation sites (N-methyl/N-ethyl adjacent to an activating group) is 1. The highest BCUT2D eigenvalue weighted by Crippen LogP contribution is 2.20. The molecular formula is C15H29N3O2. The lowest BCUT2D eigenvalue weighted by Gasteiger charge is -2.27. The van der Waals surface area contributed by atoms with Gasteiger partial charge in [-0.05, 0) is 32.1 Å². The van der Waals surface area contributed by atoms with Crippen LogP contribution in [0.4, 0.5) is 4.79 Å². The number of nitrogens with one attached hydrogen (secondary N) is 1. The zero-order valence-corrected chi connectivity index (χ0v) is 13.5. The molecule has 3 amide bonds. The Bertz CT molecular complexity index is 350. The highest BCUT2D eigenvalue weighted by Gasteiger charge is 2.25. The van der Waals surface area contributed by atoms with Gasteiger partial charge in [-0.15, -0.1) is 0 Å². The third-order valence-electron chi connectivity index (χ3n) is 3.49. The summed E-state index contributed by atoms with van der Waals surface area (Å²) in [5.74, 6) is 0.0450. The predicted octanol–water partition coefficient (Wildman–Crippen LogP) is 2.07. The number of carbonyl (C=O) groups excluding carboxylic acids is 2. The Morgan fingerprint density at radius 2 is 2.00 bits per heavy atom. The lowest BCUT2D eigenvalue weighted by Crippen LogP contribution is -2.47. The smallest absolute Gasteiger partial charge is 0.318 e. The average Bonchev–Trinajstić information content (AvgIpc) is 2.47. The van der Waals surface area contributed by atoms with Crippen molar-refractivity contribution < 1.29 is 9.59 Å². The number of amides is 3. The second-order valence-corrected chi connectivity index (χ2v) is 6.86. The molecule has 0 aliphatic carbocycles. The van der Waals surface area contributed by atoms with Gasteiger partial charge in [0.05, 0.1) is 0 Å². The van der Waals surface area contributed by atoms with E-state index in [0.717, 1.165) is 19.4 Å². The van der Waals surface area contributed by atoms with Crippen molar-refractivity contribution >= 4 is 11.9 Å². The first-order valence-electron chi connectivity index (χ1n) is 7.56. The molecule has 0 aromatic heterocycles. The quantitative estimate of drug-likeness (QED) is 0.862. The van der Waals surface area contributed by atoms with Crippen LogP contribution in [0.3, 0.4) is 0 Å². The second-order valence-electron chi connectivity index (χ2n) is 6.86. The molecule has 1 aliphatic rings. The third kappa shape index (κ3) is 5.39. The van der Waals surface area contributed by atoms with Crippen LogP contribution in [0.5, 0.6) is 0 Å². The molecule has 1 rings (SSSR count). The Morgan fingerprint density at radius 1 is 1.35 bits per heavy atom. The molecule has 1 heterocycles. The summed E-state index contributed by atoms with van der Waals surface area (Å²) in [4.78, 5) is 27.7. The van der Waals surface area contributed by atoms with Crippen LogP contribution in [-0.2, 0) is 4.79 Å². The summed E-state index contributed by atoms with van der Waals surface area (Å²) in [5.41, 5.74) is 0.181. The summed E-state index contributed by atoms with van der Waals surface area (Å²) < 4.78 is 0. The van der Waals surface area contributed by atoms with Gasteiger partial charge in [0.1, 0.15) is 6.54 Å². The minimum Gasteiger partial charge on any atom is -0.341 e. The van der Waals surface area contributed by atoms with Crippen molar-refractivity contribution in [1.29, 1.82) is 0 Å². The van der Waals surface area contributed by atoms with E-state index in [1.54, 1.807) is 4.90 Å². The topological polar surface area (TPSA) is 52.6 Å². The molecule has 0 spiro atoms. The van der Waals surface area contributed by atoms with Crippen molar-refractivity contribution in [1.82, 2.24) is 15.1 Å². The van der Waals surface area contributed by atoms with E-state index >= 15 is 0 Å². The SMILES string of the molecule is CCN1CCCN(C(=O)NC(C)CC(C)(C)C)CC1=O. The lowest BCUT2D eigenvalue weighted by atomic mass is 9.89. The largest absolute Gasteiger partial charge is 0.341 e. The maximum absolute atomic E-state index is 12.2. The minimum atomic E-state index is -0.118. The van der Waals surface area contributed by atoms with Crippen LogP contribution < -0.4 is 5.32 Å². The Morgan fingerprint density at radius 3 is 2.55 bits per heavy atom. The minimum absolute atomic E-state index is 0.0450. The fraction of sp³-hybridized carbons (Fsp3) is 0.867. The Hall–Kier alpha value is -1.26. The molecule has 5 heteroatoms. The summed E-state index contributed by atoms with van der Waals surface area (Å²) >= 11 is 0. The van der Waals surface area contributed by atoms with Gasteiger partial charge >= 0.3 is 6.03 Å². The molecule has 0 saturated carbocycles. The standard InChI is InChI=1S/C15H29N3O2/c1-6-17-8-7-9-18(11-13(17)19)14(20)16-12(2)10-15(3,4)5/h12H,6-11H2,1-5H3,(H,16,20). The van der Waals surface area contributed by atoms with E-state index in [2.05, 4.69) is 26.1 Å². The molecule has 116 valence electrons. The van der Waals surface area contributed by atoms with Crippen LogP contribution in [-0.4, -0.2) is 54.0 Å². The first kappa shape index (κ1) is 16.8. The predicted molar refractivity (Wildman–Crippen MR) is 80.5 cm³/mol. The normalized spacial score (nSPS) is 18.8. The molecule has 5 nitrogen and oxygen atoms in total. The van der Waals surface area contributed by atoms with Crippen molar-refractivity contribution in [2.24, 2.45) is 5.41 Å². The van der Waals surface area contributed by atoms with E-state index in [0.29, 0.717) is 13.1 Å². The Balaban J connectivity index is 2.53. The lowest BCUT2D eigenvalue weighted by molar-refractivity contribution is -0.130. The van der Waals surface area contributed by atoms with E-state index < -0.39 is 0 Å². The van der Waals surface area contributed by atoms with Crippen molar-refractivity contribution in [3.8, 4) is 0 Å². The van der Waals surface area contributed by atoms with Crippen LogP contribution >= 0.6 is 0 Å². The maximum atomic E-state index is 12.2. The van der Waals surface area contributed by atoms with Gasteiger partial charge in [-0.2, -0.15) is 0 Å². The molecule has 1 atom stereocenters. The highest BCUT2D eigenvalue weighted by molar-refractivity contribution is 5.84. The average molecular weight is 283 g/mol. The number of carbonyl (C=O) groups is 2. The molecule has 1 unspecified atom stereocenters. The molecule has 0 aromatic rings. The summed E-state index contributed by atoms with van der Waals surface area (Å²) in [7, 11) is 0. The van der Waals surface area contributed by atoms with E-state index in [1.807, 2.05) is 18.7 Å². The van der Waals surface area contributed by atoms with Crippen molar-refractivity contribution in [2.75, 3.05) is 26.2 Å². The van der Waals surface area contributed by atoms with Crippen LogP contribution in [0, 0.1) is 5.41 Å². The molecule has 1 fully saturated rings. The first-order chi connectivity index (χ1) is 9.23. The summed E-state index contributed by atoms with van der Waals surface area (Å²) in [6.07, 6.45) is 1.77. The van der Waals surface area contributed by atoms with Gasteiger partial charge in [0.25, 0.3) is 0 Å². The monoisotopic (exact) mass is 283 g/mol. The van der Waals surface area contributed by atoms with Gasteiger partial charge in [0.15, 0.2) is 0 Å². The van der Waals surface area contributed by atoms with Gasteiger partial charge in [-0.3, -0.25) is 4.79 Å². The van der Waals surface area contributed by atoms with Gasteiger partial charge in [0.2, 0.25) is 5.91 Å². The zero-order valence-electron chi connectivity index (χ0n) is 13.5. The molecule has 0 bridgehead atoms. The highest BCUT2D eigenvalue weighted by atomic mass is 16.2.